The average Bonchev–Trinajstić information content (AvgIpc) is 2.60. The van der Waals surface area contributed by atoms with Gasteiger partial charge in [-0.05, 0) is 30.5 Å². The highest BCUT2D eigenvalue weighted by Crippen LogP contribution is 2.17. The van der Waals surface area contributed by atoms with Crippen LogP contribution in [0.2, 0.25) is 0 Å². The van der Waals surface area contributed by atoms with Gasteiger partial charge in [0.25, 0.3) is 0 Å². The standard InChI is InChI=1S/C18H25N3O4/c1-12(2)16(22)20-15-5-3-13(4-6-15)11-19-18(25)21-9-7-14(8-10-21)17(23)24/h3-6,12,14H,7-11H2,1-2H3,(H,19,25)(H,20,22)(H,23,24). The van der Waals surface area contributed by atoms with Crippen molar-refractivity contribution in [2.24, 2.45) is 11.8 Å². The van der Waals surface area contributed by atoms with E-state index in [2.05, 4.69) is 10.6 Å². The highest BCUT2D eigenvalue weighted by Gasteiger charge is 2.26. The molecule has 0 unspecified atom stereocenters. The van der Waals surface area contributed by atoms with Crippen molar-refractivity contribution in [2.45, 2.75) is 33.2 Å². The Morgan fingerprint density at radius 2 is 1.76 bits per heavy atom. The lowest BCUT2D eigenvalue weighted by Gasteiger charge is -2.30. The first-order chi connectivity index (χ1) is 11.9. The van der Waals surface area contributed by atoms with Crippen LogP contribution in [0.4, 0.5) is 10.5 Å². The molecule has 2 rings (SSSR count). The molecule has 1 saturated heterocycles. The second kappa shape index (κ2) is 8.50. The summed E-state index contributed by atoms with van der Waals surface area (Å²) in [5.74, 6) is -1.25. The molecule has 0 saturated carbocycles. The van der Waals surface area contributed by atoms with Gasteiger partial charge in [0.05, 0.1) is 5.92 Å². The van der Waals surface area contributed by atoms with E-state index in [4.69, 9.17) is 5.11 Å². The molecule has 25 heavy (non-hydrogen) atoms. The van der Waals surface area contributed by atoms with Gasteiger partial charge in [-0.2, -0.15) is 0 Å². The van der Waals surface area contributed by atoms with Gasteiger partial charge in [-0.15, -0.1) is 0 Å². The Kier molecular flexibility index (Phi) is 6.38. The van der Waals surface area contributed by atoms with Gasteiger partial charge in [-0.3, -0.25) is 9.59 Å². The minimum atomic E-state index is -0.787. The number of hydrogen-bond acceptors (Lipinski definition) is 3. The van der Waals surface area contributed by atoms with Crippen LogP contribution < -0.4 is 10.6 Å². The second-order valence-corrected chi connectivity index (χ2v) is 6.60. The molecule has 0 bridgehead atoms. The van der Waals surface area contributed by atoms with Crippen LogP contribution in [0.5, 0.6) is 0 Å². The SMILES string of the molecule is CC(C)C(=O)Nc1ccc(CNC(=O)N2CCC(C(=O)O)CC2)cc1. The van der Waals surface area contributed by atoms with E-state index in [0.29, 0.717) is 32.5 Å². The first kappa shape index (κ1) is 18.8. The summed E-state index contributed by atoms with van der Waals surface area (Å²) in [4.78, 5) is 36.4. The fourth-order valence-electron chi connectivity index (χ4n) is 2.61. The molecule has 0 radical (unpaired) electrons. The topological polar surface area (TPSA) is 98.7 Å². The fourth-order valence-corrected chi connectivity index (χ4v) is 2.61. The van der Waals surface area contributed by atoms with Crippen LogP contribution in [0.3, 0.4) is 0 Å². The van der Waals surface area contributed by atoms with Crippen LogP contribution in [0.15, 0.2) is 24.3 Å². The van der Waals surface area contributed by atoms with E-state index in [1.54, 1.807) is 17.0 Å². The van der Waals surface area contributed by atoms with E-state index in [9.17, 15) is 14.4 Å². The minimum Gasteiger partial charge on any atom is -0.481 e. The van der Waals surface area contributed by atoms with Crippen LogP contribution in [-0.2, 0) is 16.1 Å². The van der Waals surface area contributed by atoms with Crippen molar-refractivity contribution in [3.8, 4) is 0 Å². The Morgan fingerprint density at radius 3 is 2.28 bits per heavy atom. The lowest BCUT2D eigenvalue weighted by atomic mass is 9.97. The van der Waals surface area contributed by atoms with Gasteiger partial charge >= 0.3 is 12.0 Å². The molecule has 1 aromatic rings. The zero-order valence-electron chi connectivity index (χ0n) is 14.6. The maximum atomic E-state index is 12.1. The van der Waals surface area contributed by atoms with E-state index in [1.165, 1.54) is 0 Å². The normalized spacial score (nSPS) is 15.1. The van der Waals surface area contributed by atoms with E-state index in [-0.39, 0.29) is 23.8 Å². The van der Waals surface area contributed by atoms with Crippen molar-refractivity contribution in [3.63, 3.8) is 0 Å². The second-order valence-electron chi connectivity index (χ2n) is 6.60. The van der Waals surface area contributed by atoms with Crippen molar-refractivity contribution >= 4 is 23.6 Å². The number of piperidine rings is 1. The fraction of sp³-hybridized carbons (Fsp3) is 0.500. The zero-order valence-corrected chi connectivity index (χ0v) is 14.6. The Labute approximate surface area is 147 Å². The van der Waals surface area contributed by atoms with E-state index < -0.39 is 5.97 Å². The number of rotatable bonds is 5. The number of carbonyl (C=O) groups excluding carboxylic acids is 2. The molecule has 136 valence electrons. The quantitative estimate of drug-likeness (QED) is 0.761. The van der Waals surface area contributed by atoms with Gasteiger partial charge in [-0.25, -0.2) is 4.79 Å². The molecule has 0 aliphatic carbocycles. The molecule has 1 aliphatic heterocycles. The molecule has 7 heteroatoms. The number of carboxylic acid groups (broad SMARTS) is 1. The molecule has 0 spiro atoms. The first-order valence-corrected chi connectivity index (χ1v) is 8.52. The molecular weight excluding hydrogens is 322 g/mol. The van der Waals surface area contributed by atoms with Gasteiger partial charge in [0.15, 0.2) is 0 Å². The number of nitrogens with one attached hydrogen (secondary N) is 2. The van der Waals surface area contributed by atoms with Crippen LogP contribution >= 0.6 is 0 Å². The summed E-state index contributed by atoms with van der Waals surface area (Å²) in [5, 5.41) is 14.6. The van der Waals surface area contributed by atoms with Crippen molar-refractivity contribution in [1.29, 1.82) is 0 Å². The number of benzene rings is 1. The number of anilines is 1. The first-order valence-electron chi connectivity index (χ1n) is 8.52. The number of amides is 3. The summed E-state index contributed by atoms with van der Waals surface area (Å²) in [7, 11) is 0. The summed E-state index contributed by atoms with van der Waals surface area (Å²) in [6.45, 7) is 4.97. The van der Waals surface area contributed by atoms with Gasteiger partial charge in [-0.1, -0.05) is 26.0 Å². The number of aliphatic carboxylic acids is 1. The Balaban J connectivity index is 1.78. The summed E-state index contributed by atoms with van der Waals surface area (Å²) in [6.07, 6.45) is 0.986. The average molecular weight is 347 g/mol. The third-order valence-corrected chi connectivity index (χ3v) is 4.32. The summed E-state index contributed by atoms with van der Waals surface area (Å²) >= 11 is 0. The molecule has 1 heterocycles. The number of carboxylic acids is 1. The van der Waals surface area contributed by atoms with Crippen molar-refractivity contribution in [3.05, 3.63) is 29.8 Å². The number of hydrogen-bond donors (Lipinski definition) is 3. The Hall–Kier alpha value is -2.57. The minimum absolute atomic E-state index is 0.0363. The van der Waals surface area contributed by atoms with Crippen LogP contribution in [0, 0.1) is 11.8 Å². The molecule has 1 fully saturated rings. The molecule has 0 atom stereocenters. The predicted octanol–water partition coefficient (Wildman–Crippen LogP) is 2.29. The van der Waals surface area contributed by atoms with Crippen molar-refractivity contribution < 1.29 is 19.5 Å². The van der Waals surface area contributed by atoms with E-state index >= 15 is 0 Å². The van der Waals surface area contributed by atoms with Crippen molar-refractivity contribution in [1.82, 2.24) is 10.2 Å². The van der Waals surface area contributed by atoms with Gasteiger partial charge < -0.3 is 20.6 Å². The van der Waals surface area contributed by atoms with Gasteiger partial charge in [0.2, 0.25) is 5.91 Å². The van der Waals surface area contributed by atoms with E-state index in [0.717, 1.165) is 11.3 Å². The van der Waals surface area contributed by atoms with Crippen molar-refractivity contribution in [2.75, 3.05) is 18.4 Å². The van der Waals surface area contributed by atoms with Gasteiger partial charge in [0, 0.05) is 31.2 Å². The largest absolute Gasteiger partial charge is 0.481 e. The molecular formula is C18H25N3O4. The van der Waals surface area contributed by atoms with Crippen LogP contribution in [-0.4, -0.2) is 41.0 Å². The number of nitrogens with zero attached hydrogens (tertiary/aromatic N) is 1. The summed E-state index contributed by atoms with van der Waals surface area (Å²) in [6, 6.07) is 7.14. The Bertz CT molecular complexity index is 620. The molecule has 3 N–H and O–H groups in total. The number of urea groups is 1. The Morgan fingerprint density at radius 1 is 1.16 bits per heavy atom. The molecule has 0 aromatic heterocycles. The van der Waals surface area contributed by atoms with Crippen LogP contribution in [0.1, 0.15) is 32.3 Å². The number of carbonyl (C=O) groups is 3. The predicted molar refractivity (Wildman–Crippen MR) is 94.1 cm³/mol. The maximum absolute atomic E-state index is 12.1. The highest BCUT2D eigenvalue weighted by molar-refractivity contribution is 5.92. The lowest BCUT2D eigenvalue weighted by molar-refractivity contribution is -0.143. The molecule has 7 nitrogen and oxygen atoms in total. The number of likely N-dealkylation sites (tertiary alicyclic amines) is 1. The maximum Gasteiger partial charge on any atom is 0.317 e. The third kappa shape index (κ3) is 5.48. The summed E-state index contributed by atoms with van der Waals surface area (Å²) < 4.78 is 0. The zero-order chi connectivity index (χ0) is 18.4. The molecule has 1 aliphatic rings. The van der Waals surface area contributed by atoms with Gasteiger partial charge in [0.1, 0.15) is 0 Å². The van der Waals surface area contributed by atoms with Crippen LogP contribution in [0.25, 0.3) is 0 Å². The lowest BCUT2D eigenvalue weighted by Crippen LogP contribution is -2.45. The smallest absolute Gasteiger partial charge is 0.317 e. The highest BCUT2D eigenvalue weighted by atomic mass is 16.4. The summed E-state index contributed by atoms with van der Waals surface area (Å²) in [5.41, 5.74) is 1.65. The van der Waals surface area contributed by atoms with E-state index in [1.807, 2.05) is 26.0 Å². The molecule has 1 aromatic carbocycles. The monoisotopic (exact) mass is 347 g/mol. The molecule has 3 amide bonds. The third-order valence-electron chi connectivity index (χ3n) is 4.32.